The Kier molecular flexibility index (Phi) is 5.57. The number of piperazine rings is 1. The van der Waals surface area contributed by atoms with Crippen LogP contribution in [0.4, 0.5) is 11.4 Å². The highest BCUT2D eigenvalue weighted by atomic mass is 16.5. The molecule has 2 aromatic heterocycles. The number of nitrogens with zero attached hydrogens (tertiary/aromatic N) is 5. The third kappa shape index (κ3) is 4.03. The minimum atomic E-state index is -0.234. The summed E-state index contributed by atoms with van der Waals surface area (Å²) in [6, 6.07) is 8.27. The second-order valence-electron chi connectivity index (χ2n) is 9.06. The van der Waals surface area contributed by atoms with Crippen molar-refractivity contribution in [3.8, 4) is 5.75 Å². The number of aromatic nitrogens is 4. The third-order valence-corrected chi connectivity index (χ3v) is 6.16. The van der Waals surface area contributed by atoms with Crippen molar-refractivity contribution in [3.05, 3.63) is 48.0 Å². The van der Waals surface area contributed by atoms with E-state index in [0.717, 1.165) is 35.1 Å². The molecule has 2 N–H and O–H groups in total. The second-order valence-corrected chi connectivity index (χ2v) is 9.06. The number of hydrogen-bond donors (Lipinski definition) is 2. The topological polar surface area (TPSA) is 97.2 Å². The summed E-state index contributed by atoms with van der Waals surface area (Å²) in [5.41, 5.74) is 3.59. The van der Waals surface area contributed by atoms with Crippen molar-refractivity contribution in [2.45, 2.75) is 32.9 Å². The van der Waals surface area contributed by atoms with Gasteiger partial charge in [-0.05, 0) is 39.0 Å². The van der Waals surface area contributed by atoms with Crippen LogP contribution >= 0.6 is 0 Å². The molecule has 0 bridgehead atoms. The molecule has 2 aromatic carbocycles. The maximum atomic E-state index is 13.4. The lowest BCUT2D eigenvalue weighted by atomic mass is 10.0. The minimum absolute atomic E-state index is 0.234. The lowest BCUT2D eigenvalue weighted by Crippen LogP contribution is -2.54. The molecule has 9 nitrogen and oxygen atoms in total. The number of benzene rings is 2. The molecule has 0 radical (unpaired) electrons. The number of ether oxygens (including phenoxy) is 1. The van der Waals surface area contributed by atoms with Crippen LogP contribution in [0.5, 0.6) is 5.75 Å². The smallest absolute Gasteiger partial charge is 0.257 e. The van der Waals surface area contributed by atoms with Crippen LogP contribution in [0.1, 0.15) is 30.0 Å². The Labute approximate surface area is 198 Å². The normalized spacial score (nSPS) is 18.4. The molecule has 2 atom stereocenters. The number of rotatable bonds is 4. The predicted molar refractivity (Wildman–Crippen MR) is 134 cm³/mol. The first-order valence-corrected chi connectivity index (χ1v) is 11.4. The van der Waals surface area contributed by atoms with E-state index in [1.807, 2.05) is 44.6 Å². The fourth-order valence-corrected chi connectivity index (χ4v) is 4.83. The van der Waals surface area contributed by atoms with E-state index in [9.17, 15) is 4.79 Å². The van der Waals surface area contributed by atoms with E-state index in [0.29, 0.717) is 40.4 Å². The third-order valence-electron chi connectivity index (χ3n) is 6.16. The number of methoxy groups -OCH3 is 1. The summed E-state index contributed by atoms with van der Waals surface area (Å²) in [6.07, 6.45) is 3.72. The van der Waals surface area contributed by atoms with Gasteiger partial charge in [-0.1, -0.05) is 0 Å². The highest BCUT2D eigenvalue weighted by Crippen LogP contribution is 2.32. The molecule has 0 saturated carbocycles. The van der Waals surface area contributed by atoms with Crippen LogP contribution in [-0.2, 0) is 7.05 Å². The largest absolute Gasteiger partial charge is 0.494 e. The lowest BCUT2D eigenvalue weighted by Gasteiger charge is -2.38. The highest BCUT2D eigenvalue weighted by Gasteiger charge is 2.24. The Morgan fingerprint density at radius 1 is 1.18 bits per heavy atom. The van der Waals surface area contributed by atoms with Crippen molar-refractivity contribution in [1.82, 2.24) is 25.1 Å². The Bertz CT molecular complexity index is 1390. The molecule has 176 valence electrons. The quantitative estimate of drug-likeness (QED) is 0.483. The average molecular weight is 460 g/mol. The van der Waals surface area contributed by atoms with E-state index in [1.165, 1.54) is 0 Å². The first-order valence-electron chi connectivity index (χ1n) is 11.4. The van der Waals surface area contributed by atoms with Crippen LogP contribution in [-0.4, -0.2) is 57.9 Å². The van der Waals surface area contributed by atoms with Gasteiger partial charge in [0.1, 0.15) is 17.1 Å². The van der Waals surface area contributed by atoms with Gasteiger partial charge in [0.2, 0.25) is 0 Å². The first kappa shape index (κ1) is 22.1. The summed E-state index contributed by atoms with van der Waals surface area (Å²) in [5, 5.41) is 12.8. The van der Waals surface area contributed by atoms with Gasteiger partial charge in [-0.15, -0.1) is 0 Å². The van der Waals surface area contributed by atoms with Crippen LogP contribution < -0.4 is 20.3 Å². The van der Waals surface area contributed by atoms with Gasteiger partial charge in [-0.3, -0.25) is 9.48 Å². The van der Waals surface area contributed by atoms with Crippen LogP contribution in [0.3, 0.4) is 0 Å². The number of carbonyl (C=O) groups is 1. The number of fused-ring (bicyclic) bond motifs is 2. The molecule has 0 spiro atoms. The Hall–Kier alpha value is -3.72. The van der Waals surface area contributed by atoms with Gasteiger partial charge in [-0.2, -0.15) is 5.10 Å². The van der Waals surface area contributed by atoms with Gasteiger partial charge in [0.15, 0.2) is 0 Å². The van der Waals surface area contributed by atoms with Crippen molar-refractivity contribution in [1.29, 1.82) is 0 Å². The monoisotopic (exact) mass is 459 g/mol. The summed E-state index contributed by atoms with van der Waals surface area (Å²) in [5.74, 6) is 0.995. The fraction of sp³-hybridized carbons (Fsp3) is 0.360. The second kappa shape index (κ2) is 8.57. The van der Waals surface area contributed by atoms with E-state index >= 15 is 0 Å². The molecule has 34 heavy (non-hydrogen) atoms. The van der Waals surface area contributed by atoms with Gasteiger partial charge in [0.05, 0.1) is 18.2 Å². The van der Waals surface area contributed by atoms with E-state index in [4.69, 9.17) is 4.74 Å². The minimum Gasteiger partial charge on any atom is -0.494 e. The molecule has 3 heterocycles. The first-order chi connectivity index (χ1) is 16.3. The molecule has 5 rings (SSSR count). The lowest BCUT2D eigenvalue weighted by molar-refractivity contribution is 0.102. The summed E-state index contributed by atoms with van der Waals surface area (Å²) in [7, 11) is 3.45. The molecular weight excluding hydrogens is 430 g/mol. The Morgan fingerprint density at radius 2 is 1.94 bits per heavy atom. The molecular formula is C25H29N7O2. The number of hydrogen-bond acceptors (Lipinski definition) is 7. The zero-order valence-corrected chi connectivity index (χ0v) is 20.1. The van der Waals surface area contributed by atoms with Crippen molar-refractivity contribution < 1.29 is 9.53 Å². The number of aryl methyl sites for hydroxylation is 2. The molecule has 1 aliphatic heterocycles. The molecule has 0 aliphatic carbocycles. The van der Waals surface area contributed by atoms with Gasteiger partial charge < -0.3 is 20.3 Å². The molecule has 4 aromatic rings. The molecule has 1 amide bonds. The van der Waals surface area contributed by atoms with Crippen LogP contribution in [0.15, 0.2) is 36.7 Å². The van der Waals surface area contributed by atoms with E-state index < -0.39 is 0 Å². The Balaban J connectivity index is 1.53. The average Bonchev–Trinajstić information content (AvgIpc) is 3.16. The van der Waals surface area contributed by atoms with Crippen molar-refractivity contribution >= 4 is 39.1 Å². The number of anilines is 2. The van der Waals surface area contributed by atoms with Crippen LogP contribution in [0.2, 0.25) is 0 Å². The maximum Gasteiger partial charge on any atom is 0.257 e. The van der Waals surface area contributed by atoms with Gasteiger partial charge in [0, 0.05) is 72.8 Å². The zero-order valence-electron chi connectivity index (χ0n) is 20.1. The fourth-order valence-electron chi connectivity index (χ4n) is 4.83. The van der Waals surface area contributed by atoms with E-state index in [2.05, 4.69) is 44.4 Å². The number of carbonyl (C=O) groups excluding carboxylic acids is 1. The van der Waals surface area contributed by atoms with Crippen molar-refractivity contribution in [2.75, 3.05) is 30.4 Å². The highest BCUT2D eigenvalue weighted by molar-refractivity contribution is 6.14. The SMILES string of the molecule is COc1cc(NC(=O)c2ccc(N3CC(C)NC(C)C3)c3cnc(C)nc23)cc2cn(C)nc12. The van der Waals surface area contributed by atoms with Crippen LogP contribution in [0.25, 0.3) is 21.8 Å². The van der Waals surface area contributed by atoms with E-state index in [-0.39, 0.29) is 5.91 Å². The molecule has 1 fully saturated rings. The molecule has 1 saturated heterocycles. The summed E-state index contributed by atoms with van der Waals surface area (Å²) >= 11 is 0. The summed E-state index contributed by atoms with van der Waals surface area (Å²) in [6.45, 7) is 7.96. The van der Waals surface area contributed by atoms with Crippen molar-refractivity contribution in [2.24, 2.45) is 7.05 Å². The van der Waals surface area contributed by atoms with Gasteiger partial charge >= 0.3 is 0 Å². The standard InChI is InChI=1S/C25H29N7O2/c1-14-11-32(12-15(2)27-14)21-7-6-19(24-20(21)10-26-16(3)28-24)25(33)29-18-8-17-13-31(4)30-23(17)22(9-18)34-5/h6-10,13-15,27H,11-12H2,1-5H3,(H,29,33). The number of amides is 1. The van der Waals surface area contributed by atoms with Gasteiger partial charge in [-0.25, -0.2) is 9.97 Å². The van der Waals surface area contributed by atoms with E-state index in [1.54, 1.807) is 17.9 Å². The zero-order chi connectivity index (χ0) is 24.0. The Morgan fingerprint density at radius 3 is 2.68 bits per heavy atom. The summed E-state index contributed by atoms with van der Waals surface area (Å²) in [4.78, 5) is 24.9. The molecule has 2 unspecified atom stereocenters. The molecule has 1 aliphatic rings. The number of nitrogens with one attached hydrogen (secondary N) is 2. The maximum absolute atomic E-state index is 13.4. The predicted octanol–water partition coefficient (Wildman–Crippen LogP) is 3.27. The molecule has 9 heteroatoms. The van der Waals surface area contributed by atoms with Crippen LogP contribution in [0, 0.1) is 6.92 Å². The summed E-state index contributed by atoms with van der Waals surface area (Å²) < 4.78 is 7.22. The van der Waals surface area contributed by atoms with Crippen molar-refractivity contribution in [3.63, 3.8) is 0 Å². The van der Waals surface area contributed by atoms with Gasteiger partial charge in [0.25, 0.3) is 5.91 Å².